The van der Waals surface area contributed by atoms with E-state index in [1.54, 1.807) is 13.0 Å². The molecule has 5 nitrogen and oxygen atoms in total. The Morgan fingerprint density at radius 2 is 2.20 bits per heavy atom. The number of nitrogens with one attached hydrogen (secondary N) is 1. The summed E-state index contributed by atoms with van der Waals surface area (Å²) >= 11 is 15.2. The van der Waals surface area contributed by atoms with Crippen LogP contribution < -0.4 is 4.74 Å². The van der Waals surface area contributed by atoms with Gasteiger partial charge in [-0.2, -0.15) is 5.10 Å². The molecule has 106 valence electrons. The van der Waals surface area contributed by atoms with E-state index in [2.05, 4.69) is 26.1 Å². The molecule has 8 heteroatoms. The molecule has 0 saturated carbocycles. The van der Waals surface area contributed by atoms with Crippen LogP contribution in [0, 0.1) is 6.92 Å². The topological polar surface area (TPSA) is 75.2 Å². The number of benzene rings is 1. The third-order valence-corrected chi connectivity index (χ3v) is 3.64. The van der Waals surface area contributed by atoms with E-state index in [0.29, 0.717) is 31.7 Å². The van der Waals surface area contributed by atoms with Crippen LogP contribution in [-0.2, 0) is 6.61 Å². The highest BCUT2D eigenvalue weighted by molar-refractivity contribution is 9.10. The molecule has 0 aliphatic heterocycles. The summed E-state index contributed by atoms with van der Waals surface area (Å²) in [4.78, 5) is 11.1. The van der Waals surface area contributed by atoms with Gasteiger partial charge < -0.3 is 9.84 Å². The predicted molar refractivity (Wildman–Crippen MR) is 78.8 cm³/mol. The first-order chi connectivity index (χ1) is 9.40. The zero-order valence-electron chi connectivity index (χ0n) is 10.2. The first kappa shape index (κ1) is 15.2. The van der Waals surface area contributed by atoms with Crippen LogP contribution in [0.4, 0.5) is 0 Å². The lowest BCUT2D eigenvalue weighted by Crippen LogP contribution is -2.05. The molecule has 1 heterocycles. The standard InChI is InChI=1S/C12H9BrCl2N2O3/c1-5-10(12(18)19)9(17-16-5)4-20-11-7(13)2-6(14)3-8(11)15/h2-3H,4H2,1H3,(H,16,17)(H,18,19). The SMILES string of the molecule is Cc1[nH]nc(COc2c(Cl)cc(Cl)cc2Br)c1C(=O)O. The van der Waals surface area contributed by atoms with E-state index in [0.717, 1.165) is 0 Å². The first-order valence-corrected chi connectivity index (χ1v) is 6.99. The van der Waals surface area contributed by atoms with Crippen LogP contribution in [0.2, 0.25) is 10.0 Å². The van der Waals surface area contributed by atoms with Crippen molar-refractivity contribution < 1.29 is 14.6 Å². The highest BCUT2D eigenvalue weighted by Gasteiger charge is 2.18. The van der Waals surface area contributed by atoms with Crippen molar-refractivity contribution in [2.24, 2.45) is 0 Å². The Morgan fingerprint density at radius 3 is 2.80 bits per heavy atom. The largest absolute Gasteiger partial charge is 0.484 e. The van der Waals surface area contributed by atoms with E-state index in [9.17, 15) is 4.79 Å². The normalized spacial score (nSPS) is 10.6. The average molecular weight is 380 g/mol. The molecule has 20 heavy (non-hydrogen) atoms. The number of rotatable bonds is 4. The van der Waals surface area contributed by atoms with Crippen molar-refractivity contribution in [2.75, 3.05) is 0 Å². The molecule has 0 spiro atoms. The Balaban J connectivity index is 2.24. The van der Waals surface area contributed by atoms with Crippen molar-refractivity contribution in [1.82, 2.24) is 10.2 Å². The predicted octanol–water partition coefficient (Wildman–Crippen LogP) is 4.06. The molecule has 0 amide bonds. The summed E-state index contributed by atoms with van der Waals surface area (Å²) < 4.78 is 6.11. The van der Waals surface area contributed by atoms with E-state index >= 15 is 0 Å². The van der Waals surface area contributed by atoms with Gasteiger partial charge in [0.2, 0.25) is 0 Å². The summed E-state index contributed by atoms with van der Waals surface area (Å²) in [6.45, 7) is 1.61. The number of H-pyrrole nitrogens is 1. The van der Waals surface area contributed by atoms with E-state index in [-0.39, 0.29) is 12.2 Å². The number of halogens is 3. The van der Waals surface area contributed by atoms with Crippen LogP contribution in [0.5, 0.6) is 5.75 Å². The van der Waals surface area contributed by atoms with Crippen molar-refractivity contribution in [3.63, 3.8) is 0 Å². The molecule has 0 saturated heterocycles. The van der Waals surface area contributed by atoms with Crippen molar-refractivity contribution in [3.05, 3.63) is 43.6 Å². The third-order valence-electron chi connectivity index (χ3n) is 2.55. The fourth-order valence-corrected chi connectivity index (χ4v) is 3.04. The number of carboxylic acid groups (broad SMARTS) is 1. The maximum absolute atomic E-state index is 11.1. The zero-order chi connectivity index (χ0) is 14.9. The van der Waals surface area contributed by atoms with E-state index in [4.69, 9.17) is 33.0 Å². The molecule has 0 radical (unpaired) electrons. The van der Waals surface area contributed by atoms with E-state index < -0.39 is 5.97 Å². The summed E-state index contributed by atoms with van der Waals surface area (Å²) in [6.07, 6.45) is 0. The number of aryl methyl sites for hydroxylation is 1. The molecule has 0 unspecified atom stereocenters. The van der Waals surface area contributed by atoms with Crippen molar-refractivity contribution in [2.45, 2.75) is 13.5 Å². The van der Waals surface area contributed by atoms with Gasteiger partial charge in [-0.3, -0.25) is 5.10 Å². The molecule has 2 aromatic rings. The zero-order valence-corrected chi connectivity index (χ0v) is 13.3. The minimum atomic E-state index is -1.06. The Bertz CT molecular complexity index is 650. The van der Waals surface area contributed by atoms with Crippen LogP contribution >= 0.6 is 39.1 Å². The van der Waals surface area contributed by atoms with Crippen molar-refractivity contribution in [1.29, 1.82) is 0 Å². The Labute approximate surface area is 133 Å². The number of carbonyl (C=O) groups is 1. The van der Waals surface area contributed by atoms with Gasteiger partial charge in [-0.25, -0.2) is 4.79 Å². The van der Waals surface area contributed by atoms with E-state index in [1.165, 1.54) is 6.07 Å². The number of nitrogens with zero attached hydrogens (tertiary/aromatic N) is 1. The van der Waals surface area contributed by atoms with Gasteiger partial charge in [-0.1, -0.05) is 23.2 Å². The van der Waals surface area contributed by atoms with Gasteiger partial charge in [0.25, 0.3) is 0 Å². The fraction of sp³-hybridized carbons (Fsp3) is 0.167. The van der Waals surface area contributed by atoms with Crippen LogP contribution in [0.1, 0.15) is 21.7 Å². The first-order valence-electron chi connectivity index (χ1n) is 5.44. The molecule has 0 bridgehead atoms. The Hall–Kier alpha value is -1.24. The lowest BCUT2D eigenvalue weighted by molar-refractivity contribution is 0.0693. The van der Waals surface area contributed by atoms with Gasteiger partial charge in [-0.15, -0.1) is 0 Å². The summed E-state index contributed by atoms with van der Waals surface area (Å²) in [5.41, 5.74) is 0.872. The van der Waals surface area contributed by atoms with E-state index in [1.807, 2.05) is 0 Å². The molecular formula is C12H9BrCl2N2O3. The van der Waals surface area contributed by atoms with Gasteiger partial charge in [0.1, 0.15) is 17.9 Å². The second-order valence-electron chi connectivity index (χ2n) is 3.96. The molecule has 2 N–H and O–H groups in total. The Kier molecular flexibility index (Phi) is 4.57. The summed E-state index contributed by atoms with van der Waals surface area (Å²) in [6, 6.07) is 3.17. The molecule has 0 atom stereocenters. The highest BCUT2D eigenvalue weighted by atomic mass is 79.9. The quantitative estimate of drug-likeness (QED) is 0.839. The van der Waals surface area contributed by atoms with Crippen molar-refractivity contribution in [3.8, 4) is 5.75 Å². The molecule has 0 aliphatic rings. The lowest BCUT2D eigenvalue weighted by Gasteiger charge is -2.09. The second-order valence-corrected chi connectivity index (χ2v) is 5.66. The van der Waals surface area contributed by atoms with Crippen molar-refractivity contribution >= 4 is 45.1 Å². The average Bonchev–Trinajstić information content (AvgIpc) is 2.69. The van der Waals surface area contributed by atoms with Crippen LogP contribution in [0.25, 0.3) is 0 Å². The third kappa shape index (κ3) is 3.08. The minimum Gasteiger partial charge on any atom is -0.484 e. The minimum absolute atomic E-state index is 0.0219. The Morgan fingerprint density at radius 1 is 1.50 bits per heavy atom. The second kappa shape index (κ2) is 6.03. The molecule has 0 fully saturated rings. The highest BCUT2D eigenvalue weighted by Crippen LogP contribution is 2.36. The molecule has 0 aliphatic carbocycles. The lowest BCUT2D eigenvalue weighted by atomic mass is 10.2. The van der Waals surface area contributed by atoms with Crippen LogP contribution in [-0.4, -0.2) is 21.3 Å². The number of carboxylic acids is 1. The van der Waals surface area contributed by atoms with Gasteiger partial charge >= 0.3 is 5.97 Å². The number of aromatic amines is 1. The molecule has 1 aromatic carbocycles. The van der Waals surface area contributed by atoms with Gasteiger partial charge in [0, 0.05) is 10.7 Å². The van der Waals surface area contributed by atoms with Crippen LogP contribution in [0.15, 0.2) is 16.6 Å². The monoisotopic (exact) mass is 378 g/mol. The summed E-state index contributed by atoms with van der Waals surface area (Å²) in [5.74, 6) is -0.677. The summed E-state index contributed by atoms with van der Waals surface area (Å²) in [7, 11) is 0. The number of hydrogen-bond donors (Lipinski definition) is 2. The smallest absolute Gasteiger partial charge is 0.339 e. The van der Waals surface area contributed by atoms with Gasteiger partial charge in [-0.05, 0) is 35.0 Å². The van der Waals surface area contributed by atoms with Gasteiger partial charge in [0.15, 0.2) is 5.75 Å². The number of hydrogen-bond acceptors (Lipinski definition) is 3. The number of aromatic nitrogens is 2. The van der Waals surface area contributed by atoms with Gasteiger partial charge in [0.05, 0.1) is 9.50 Å². The number of aromatic carboxylic acids is 1. The molecule has 1 aromatic heterocycles. The maximum Gasteiger partial charge on any atom is 0.339 e. The molecule has 2 rings (SSSR count). The molecular weight excluding hydrogens is 371 g/mol. The summed E-state index contributed by atoms with van der Waals surface area (Å²) in [5, 5.41) is 16.4. The fourth-order valence-electron chi connectivity index (χ4n) is 1.68. The maximum atomic E-state index is 11.1. The number of ether oxygens (including phenoxy) is 1. The van der Waals surface area contributed by atoms with Crippen LogP contribution in [0.3, 0.4) is 0 Å².